The van der Waals surface area contributed by atoms with Crippen molar-refractivity contribution in [1.82, 2.24) is 0 Å². The fourth-order valence-corrected chi connectivity index (χ4v) is 3.04. The number of anilines is 3. The van der Waals surface area contributed by atoms with Gasteiger partial charge in [0.15, 0.2) is 0 Å². The lowest BCUT2D eigenvalue weighted by atomic mass is 10.1. The third-order valence-electron chi connectivity index (χ3n) is 3.31. The maximum absolute atomic E-state index is 3.60. The predicted molar refractivity (Wildman–Crippen MR) is 93.6 cm³/mol. The van der Waals surface area contributed by atoms with Crippen molar-refractivity contribution in [2.75, 3.05) is 4.90 Å². The summed E-state index contributed by atoms with van der Waals surface area (Å²) in [5, 5.41) is 0. The maximum Gasteiger partial charge on any atom is 0.0475 e. The summed E-state index contributed by atoms with van der Waals surface area (Å²) in [6.07, 6.45) is 0. The molecule has 0 amide bonds. The van der Waals surface area contributed by atoms with Gasteiger partial charge in [-0.2, -0.15) is 0 Å². The molecule has 0 bridgehead atoms. The molecule has 0 fully saturated rings. The van der Waals surface area contributed by atoms with Crippen LogP contribution in [-0.2, 0) is 0 Å². The van der Waals surface area contributed by atoms with E-state index in [9.17, 15) is 0 Å². The molecule has 0 aromatic heterocycles. The molecular weight excluding hydrogens is 322 g/mol. The van der Waals surface area contributed by atoms with Gasteiger partial charge in [-0.05, 0) is 55.0 Å². The van der Waals surface area contributed by atoms with Crippen molar-refractivity contribution < 1.29 is 0 Å². The Balaban J connectivity index is 2.17. The lowest BCUT2D eigenvalue weighted by Crippen LogP contribution is -2.09. The van der Waals surface area contributed by atoms with Crippen LogP contribution in [0.15, 0.2) is 83.3 Å². The molecule has 3 rings (SSSR count). The first kappa shape index (κ1) is 13.9. The quantitative estimate of drug-likeness (QED) is 0.547. The molecule has 21 heavy (non-hydrogen) atoms. The van der Waals surface area contributed by atoms with Crippen LogP contribution in [0.25, 0.3) is 0 Å². The number of nitrogens with zero attached hydrogens (tertiary/aromatic N) is 1. The van der Waals surface area contributed by atoms with Crippen molar-refractivity contribution in [3.63, 3.8) is 0 Å². The molecule has 0 atom stereocenters. The number of hydrogen-bond donors (Lipinski definition) is 0. The van der Waals surface area contributed by atoms with Crippen LogP contribution >= 0.6 is 15.9 Å². The van der Waals surface area contributed by atoms with Gasteiger partial charge in [-0.1, -0.05) is 52.3 Å². The Morgan fingerprint density at radius 2 is 1.19 bits per heavy atom. The van der Waals surface area contributed by atoms with Gasteiger partial charge in [0.05, 0.1) is 0 Å². The van der Waals surface area contributed by atoms with E-state index in [0.717, 1.165) is 21.5 Å². The molecule has 0 radical (unpaired) electrons. The molecule has 0 heterocycles. The molecule has 0 saturated carbocycles. The van der Waals surface area contributed by atoms with E-state index in [1.54, 1.807) is 0 Å². The maximum atomic E-state index is 3.60. The van der Waals surface area contributed by atoms with Crippen LogP contribution < -0.4 is 4.90 Å². The second kappa shape index (κ2) is 6.15. The first-order valence-corrected chi connectivity index (χ1v) is 7.71. The van der Waals surface area contributed by atoms with Crippen LogP contribution in [0.1, 0.15) is 5.56 Å². The average molecular weight is 338 g/mol. The summed E-state index contributed by atoms with van der Waals surface area (Å²) >= 11 is 3.60. The van der Waals surface area contributed by atoms with Gasteiger partial charge in [-0.15, -0.1) is 0 Å². The molecule has 0 N–H and O–H groups in total. The van der Waals surface area contributed by atoms with E-state index in [2.05, 4.69) is 94.5 Å². The molecule has 104 valence electrons. The van der Waals surface area contributed by atoms with E-state index < -0.39 is 0 Å². The molecule has 0 unspecified atom stereocenters. The number of benzene rings is 3. The van der Waals surface area contributed by atoms with Crippen molar-refractivity contribution in [1.29, 1.82) is 0 Å². The Morgan fingerprint density at radius 3 is 1.67 bits per heavy atom. The van der Waals surface area contributed by atoms with Gasteiger partial charge in [-0.25, -0.2) is 0 Å². The average Bonchev–Trinajstić information content (AvgIpc) is 2.49. The second-order valence-electron chi connectivity index (χ2n) is 4.99. The minimum Gasteiger partial charge on any atom is -0.310 e. The Kier molecular flexibility index (Phi) is 4.07. The number of aryl methyl sites for hydroxylation is 1. The zero-order chi connectivity index (χ0) is 14.7. The zero-order valence-electron chi connectivity index (χ0n) is 11.8. The van der Waals surface area contributed by atoms with E-state index in [4.69, 9.17) is 0 Å². The van der Waals surface area contributed by atoms with Gasteiger partial charge in [0.2, 0.25) is 0 Å². The third-order valence-corrected chi connectivity index (χ3v) is 3.77. The van der Waals surface area contributed by atoms with Crippen LogP contribution in [0.4, 0.5) is 17.1 Å². The van der Waals surface area contributed by atoms with Gasteiger partial charge in [0.1, 0.15) is 0 Å². The molecule has 0 aliphatic carbocycles. The molecular formula is C19H16BrN. The smallest absolute Gasteiger partial charge is 0.0475 e. The van der Waals surface area contributed by atoms with Crippen molar-refractivity contribution in [3.05, 3.63) is 88.9 Å². The zero-order valence-corrected chi connectivity index (χ0v) is 13.4. The summed E-state index contributed by atoms with van der Waals surface area (Å²) in [6.45, 7) is 2.11. The number of para-hydroxylation sites is 2. The van der Waals surface area contributed by atoms with Gasteiger partial charge in [0, 0.05) is 21.5 Å². The molecule has 0 saturated heterocycles. The van der Waals surface area contributed by atoms with Gasteiger partial charge in [-0.3, -0.25) is 0 Å². The van der Waals surface area contributed by atoms with E-state index in [1.807, 2.05) is 12.1 Å². The Morgan fingerprint density at radius 1 is 0.667 bits per heavy atom. The van der Waals surface area contributed by atoms with E-state index in [0.29, 0.717) is 0 Å². The largest absolute Gasteiger partial charge is 0.310 e. The SMILES string of the molecule is Cc1cc(Br)cc(N(c2ccccc2)c2ccccc2)c1. The first-order chi connectivity index (χ1) is 10.2. The van der Waals surface area contributed by atoms with Crippen LogP contribution in [0, 0.1) is 6.92 Å². The van der Waals surface area contributed by atoms with Gasteiger partial charge < -0.3 is 4.90 Å². The summed E-state index contributed by atoms with van der Waals surface area (Å²) in [7, 11) is 0. The van der Waals surface area contributed by atoms with E-state index >= 15 is 0 Å². The number of rotatable bonds is 3. The predicted octanol–water partition coefficient (Wildman–Crippen LogP) is 6.23. The topological polar surface area (TPSA) is 3.24 Å². The highest BCUT2D eigenvalue weighted by atomic mass is 79.9. The molecule has 0 spiro atoms. The molecule has 0 aliphatic heterocycles. The molecule has 3 aromatic rings. The summed E-state index contributed by atoms with van der Waals surface area (Å²) in [5.74, 6) is 0. The highest BCUT2D eigenvalue weighted by molar-refractivity contribution is 9.10. The van der Waals surface area contributed by atoms with Crippen LogP contribution in [0.2, 0.25) is 0 Å². The molecule has 0 aliphatic rings. The summed E-state index contributed by atoms with van der Waals surface area (Å²) in [5.41, 5.74) is 4.69. The fourth-order valence-electron chi connectivity index (χ4n) is 2.45. The standard InChI is InChI=1S/C19H16BrN/c1-15-12-16(20)14-19(13-15)21(17-8-4-2-5-9-17)18-10-6-3-7-11-18/h2-14H,1H3. The van der Waals surface area contributed by atoms with Crippen molar-refractivity contribution in [2.24, 2.45) is 0 Å². The van der Waals surface area contributed by atoms with Gasteiger partial charge >= 0.3 is 0 Å². The van der Waals surface area contributed by atoms with Crippen LogP contribution in [0.3, 0.4) is 0 Å². The third kappa shape index (κ3) is 3.17. The first-order valence-electron chi connectivity index (χ1n) is 6.91. The van der Waals surface area contributed by atoms with Crippen LogP contribution in [-0.4, -0.2) is 0 Å². The minimum atomic E-state index is 1.09. The van der Waals surface area contributed by atoms with Crippen molar-refractivity contribution >= 4 is 33.0 Å². The van der Waals surface area contributed by atoms with E-state index in [1.165, 1.54) is 5.56 Å². The summed E-state index contributed by atoms with van der Waals surface area (Å²) in [6, 6.07) is 27.3. The molecule has 3 aromatic carbocycles. The second-order valence-corrected chi connectivity index (χ2v) is 5.91. The molecule has 1 nitrogen and oxygen atoms in total. The lowest BCUT2D eigenvalue weighted by Gasteiger charge is -2.26. The lowest BCUT2D eigenvalue weighted by molar-refractivity contribution is 1.27. The monoisotopic (exact) mass is 337 g/mol. The molecule has 2 heteroatoms. The van der Waals surface area contributed by atoms with Crippen molar-refractivity contribution in [2.45, 2.75) is 6.92 Å². The number of halogens is 1. The van der Waals surface area contributed by atoms with Crippen LogP contribution in [0.5, 0.6) is 0 Å². The Bertz CT molecular complexity index is 663. The Hall–Kier alpha value is -2.06. The highest BCUT2D eigenvalue weighted by Crippen LogP contribution is 2.35. The Labute approximate surface area is 134 Å². The summed E-state index contributed by atoms with van der Waals surface area (Å²) < 4.78 is 1.09. The normalized spacial score (nSPS) is 10.4. The fraction of sp³-hybridized carbons (Fsp3) is 0.0526. The highest BCUT2D eigenvalue weighted by Gasteiger charge is 2.12. The summed E-state index contributed by atoms with van der Waals surface area (Å²) in [4.78, 5) is 2.26. The van der Waals surface area contributed by atoms with Crippen molar-refractivity contribution in [3.8, 4) is 0 Å². The van der Waals surface area contributed by atoms with E-state index in [-0.39, 0.29) is 0 Å². The van der Waals surface area contributed by atoms with Gasteiger partial charge in [0.25, 0.3) is 0 Å². The minimum absolute atomic E-state index is 1.09. The number of hydrogen-bond acceptors (Lipinski definition) is 1.